The average Bonchev–Trinajstić information content (AvgIpc) is 2.63. The number of carbonyl (C=O) groups is 1. The minimum absolute atomic E-state index is 0.0832. The van der Waals surface area contributed by atoms with Crippen LogP contribution < -0.4 is 5.32 Å². The number of nitrogens with one attached hydrogen (secondary N) is 1. The predicted octanol–water partition coefficient (Wildman–Crippen LogP) is 2.81. The molecule has 2 atom stereocenters. The highest BCUT2D eigenvalue weighted by Crippen LogP contribution is 2.24. The molecule has 94 valence electrons. The lowest BCUT2D eigenvalue weighted by Crippen LogP contribution is -2.40. The third-order valence-electron chi connectivity index (χ3n) is 3.24. The van der Waals surface area contributed by atoms with E-state index in [9.17, 15) is 4.79 Å². The Bertz CT molecular complexity index is 392. The Balaban J connectivity index is 2.00. The number of amides is 1. The van der Waals surface area contributed by atoms with Crippen molar-refractivity contribution in [3.05, 3.63) is 17.5 Å². The largest absolute Gasteiger partial charge is 0.361 e. The molecule has 0 spiro atoms. The Morgan fingerprint density at radius 1 is 1.47 bits per heavy atom. The summed E-state index contributed by atoms with van der Waals surface area (Å²) in [6.45, 7) is 1.75. The maximum atomic E-state index is 12.0. The van der Waals surface area contributed by atoms with E-state index in [-0.39, 0.29) is 11.9 Å². The van der Waals surface area contributed by atoms with Crippen molar-refractivity contribution in [1.82, 2.24) is 10.5 Å². The van der Waals surface area contributed by atoms with Crippen LogP contribution >= 0.6 is 15.9 Å². The highest BCUT2D eigenvalue weighted by atomic mass is 79.9. The topological polar surface area (TPSA) is 55.1 Å². The summed E-state index contributed by atoms with van der Waals surface area (Å²) in [5.74, 6) is 0.488. The standard InChI is InChI=1S/C12H17BrN2O2/c1-8-9(7-14-17-8)12(16)15-11-6-4-2-3-5-10(11)13/h7,10-11H,2-6H2,1H3,(H,15,16). The first-order valence-corrected chi connectivity index (χ1v) is 6.96. The highest BCUT2D eigenvalue weighted by molar-refractivity contribution is 9.09. The molecule has 0 radical (unpaired) electrons. The van der Waals surface area contributed by atoms with Gasteiger partial charge in [-0.05, 0) is 19.8 Å². The van der Waals surface area contributed by atoms with Crippen molar-refractivity contribution < 1.29 is 9.32 Å². The number of aromatic nitrogens is 1. The fourth-order valence-electron chi connectivity index (χ4n) is 2.19. The number of rotatable bonds is 2. The smallest absolute Gasteiger partial charge is 0.256 e. The summed E-state index contributed by atoms with van der Waals surface area (Å²) >= 11 is 3.66. The lowest BCUT2D eigenvalue weighted by Gasteiger charge is -2.21. The molecule has 1 aromatic heterocycles. The van der Waals surface area contributed by atoms with Gasteiger partial charge in [0.1, 0.15) is 11.3 Å². The molecule has 0 saturated heterocycles. The van der Waals surface area contributed by atoms with Crippen molar-refractivity contribution in [2.75, 3.05) is 0 Å². The van der Waals surface area contributed by atoms with Gasteiger partial charge in [-0.15, -0.1) is 0 Å². The summed E-state index contributed by atoms with van der Waals surface area (Å²) in [5.41, 5.74) is 0.536. The van der Waals surface area contributed by atoms with Gasteiger partial charge in [0, 0.05) is 10.9 Å². The lowest BCUT2D eigenvalue weighted by atomic mass is 10.1. The Labute approximate surface area is 109 Å². The van der Waals surface area contributed by atoms with Crippen LogP contribution in [0.2, 0.25) is 0 Å². The van der Waals surface area contributed by atoms with Gasteiger partial charge in [-0.2, -0.15) is 0 Å². The first kappa shape index (κ1) is 12.6. The van der Waals surface area contributed by atoms with E-state index >= 15 is 0 Å². The number of hydrogen-bond acceptors (Lipinski definition) is 3. The van der Waals surface area contributed by atoms with E-state index in [1.54, 1.807) is 6.92 Å². The number of hydrogen-bond donors (Lipinski definition) is 1. The Morgan fingerprint density at radius 2 is 2.24 bits per heavy atom. The summed E-state index contributed by atoms with van der Waals surface area (Å²) in [6.07, 6.45) is 7.29. The normalized spacial score (nSPS) is 25.3. The van der Waals surface area contributed by atoms with Gasteiger partial charge in [-0.3, -0.25) is 4.79 Å². The molecule has 0 aromatic carbocycles. The first-order chi connectivity index (χ1) is 8.18. The van der Waals surface area contributed by atoms with Crippen LogP contribution in [-0.2, 0) is 0 Å². The zero-order chi connectivity index (χ0) is 12.3. The second-order valence-electron chi connectivity index (χ2n) is 4.53. The van der Waals surface area contributed by atoms with Crippen LogP contribution in [0.25, 0.3) is 0 Å². The van der Waals surface area contributed by atoms with Gasteiger partial charge >= 0.3 is 0 Å². The predicted molar refractivity (Wildman–Crippen MR) is 68.3 cm³/mol. The Morgan fingerprint density at radius 3 is 2.94 bits per heavy atom. The van der Waals surface area contributed by atoms with Crippen LogP contribution in [0.4, 0.5) is 0 Å². The lowest BCUT2D eigenvalue weighted by molar-refractivity contribution is 0.0933. The van der Waals surface area contributed by atoms with E-state index < -0.39 is 0 Å². The fraction of sp³-hybridized carbons (Fsp3) is 0.667. The van der Waals surface area contributed by atoms with Crippen LogP contribution in [0.5, 0.6) is 0 Å². The number of alkyl halides is 1. The van der Waals surface area contributed by atoms with E-state index in [4.69, 9.17) is 4.52 Å². The minimum atomic E-state index is -0.0832. The van der Waals surface area contributed by atoms with Crippen molar-refractivity contribution in [2.24, 2.45) is 0 Å². The third-order valence-corrected chi connectivity index (χ3v) is 4.34. The van der Waals surface area contributed by atoms with Gasteiger partial charge in [0.2, 0.25) is 0 Å². The first-order valence-electron chi connectivity index (χ1n) is 6.04. The summed E-state index contributed by atoms with van der Waals surface area (Å²) in [5, 5.41) is 6.69. The zero-order valence-corrected chi connectivity index (χ0v) is 11.5. The van der Waals surface area contributed by atoms with Crippen molar-refractivity contribution in [3.63, 3.8) is 0 Å². The quantitative estimate of drug-likeness (QED) is 0.675. The Hall–Kier alpha value is -0.840. The summed E-state index contributed by atoms with van der Waals surface area (Å²) in [4.78, 5) is 12.4. The maximum absolute atomic E-state index is 12.0. The Kier molecular flexibility index (Phi) is 4.20. The average molecular weight is 301 g/mol. The van der Waals surface area contributed by atoms with E-state index in [0.29, 0.717) is 16.2 Å². The van der Waals surface area contributed by atoms with Crippen molar-refractivity contribution in [2.45, 2.75) is 49.9 Å². The second-order valence-corrected chi connectivity index (χ2v) is 5.71. The highest BCUT2D eigenvalue weighted by Gasteiger charge is 2.24. The van der Waals surface area contributed by atoms with E-state index in [0.717, 1.165) is 12.8 Å². The third kappa shape index (κ3) is 3.09. The zero-order valence-electron chi connectivity index (χ0n) is 9.91. The summed E-state index contributed by atoms with van der Waals surface area (Å²) in [7, 11) is 0. The molecule has 1 aromatic rings. The molecule has 1 heterocycles. The number of carbonyl (C=O) groups excluding carboxylic acids is 1. The van der Waals surface area contributed by atoms with E-state index in [1.807, 2.05) is 0 Å². The van der Waals surface area contributed by atoms with Gasteiger partial charge in [-0.25, -0.2) is 0 Å². The van der Waals surface area contributed by atoms with Crippen molar-refractivity contribution in [3.8, 4) is 0 Å². The molecule has 1 fully saturated rings. The monoisotopic (exact) mass is 300 g/mol. The molecule has 0 aliphatic heterocycles. The SMILES string of the molecule is Cc1oncc1C(=O)NC1CCCCCC1Br. The van der Waals surface area contributed by atoms with Crippen molar-refractivity contribution >= 4 is 21.8 Å². The molecule has 4 nitrogen and oxygen atoms in total. The summed E-state index contributed by atoms with van der Waals surface area (Å²) in [6, 6.07) is 0.208. The van der Waals surface area contributed by atoms with E-state index in [1.165, 1.54) is 25.5 Å². The molecule has 2 rings (SSSR count). The number of halogens is 1. The molecule has 0 bridgehead atoms. The maximum Gasteiger partial charge on any atom is 0.256 e. The van der Waals surface area contributed by atoms with Crippen LogP contribution in [0.1, 0.15) is 48.2 Å². The van der Waals surface area contributed by atoms with E-state index in [2.05, 4.69) is 26.4 Å². The van der Waals surface area contributed by atoms with Gasteiger partial charge in [0.15, 0.2) is 0 Å². The van der Waals surface area contributed by atoms with Gasteiger partial charge in [0.05, 0.1) is 6.20 Å². The van der Waals surface area contributed by atoms with Gasteiger partial charge < -0.3 is 9.84 Å². The summed E-state index contributed by atoms with van der Waals surface area (Å²) < 4.78 is 4.90. The molecule has 1 N–H and O–H groups in total. The molecule has 2 unspecified atom stereocenters. The molecule has 17 heavy (non-hydrogen) atoms. The molecule has 1 saturated carbocycles. The molecular weight excluding hydrogens is 284 g/mol. The molecule has 1 aliphatic carbocycles. The van der Waals surface area contributed by atoms with Crippen LogP contribution in [0.3, 0.4) is 0 Å². The van der Waals surface area contributed by atoms with Crippen LogP contribution in [0.15, 0.2) is 10.7 Å². The molecule has 1 aliphatic rings. The van der Waals surface area contributed by atoms with Crippen molar-refractivity contribution in [1.29, 1.82) is 0 Å². The number of aryl methyl sites for hydroxylation is 1. The van der Waals surface area contributed by atoms with Gasteiger partial charge in [0.25, 0.3) is 5.91 Å². The molecule has 1 amide bonds. The second kappa shape index (κ2) is 5.67. The number of nitrogens with zero attached hydrogens (tertiary/aromatic N) is 1. The molecular formula is C12H17BrN2O2. The van der Waals surface area contributed by atoms with Crippen LogP contribution in [0, 0.1) is 6.92 Å². The van der Waals surface area contributed by atoms with Gasteiger partial charge in [-0.1, -0.05) is 40.3 Å². The minimum Gasteiger partial charge on any atom is -0.361 e. The fourth-order valence-corrected chi connectivity index (χ4v) is 2.91. The van der Waals surface area contributed by atoms with Crippen LogP contribution in [-0.4, -0.2) is 21.9 Å². The molecule has 5 heteroatoms.